The van der Waals surface area contributed by atoms with Gasteiger partial charge in [-0.3, -0.25) is 4.79 Å². The molecule has 2 aromatic rings. The van der Waals surface area contributed by atoms with Gasteiger partial charge in [0.2, 0.25) is 5.91 Å². The zero-order valence-corrected chi connectivity index (χ0v) is 13.9. The molecule has 0 radical (unpaired) electrons. The van der Waals surface area contributed by atoms with E-state index in [1.165, 1.54) is 18.4 Å². The van der Waals surface area contributed by atoms with E-state index in [0.29, 0.717) is 23.3 Å². The molecule has 0 bridgehead atoms. The summed E-state index contributed by atoms with van der Waals surface area (Å²) in [7, 11) is 0. The number of amides is 1. The lowest BCUT2D eigenvalue weighted by Crippen LogP contribution is -2.20. The molecule has 2 aromatic carbocycles. The SMILES string of the molecule is O=C(C[C@H]1CC[C@@H](c2ccccc2)CC1)Nc1ccc(Cl)cc1. The fourth-order valence-corrected chi connectivity index (χ4v) is 3.56. The van der Waals surface area contributed by atoms with Crippen LogP contribution in [0, 0.1) is 5.92 Å². The number of benzene rings is 2. The van der Waals surface area contributed by atoms with E-state index in [4.69, 9.17) is 11.6 Å². The van der Waals surface area contributed by atoms with Crippen LogP contribution in [-0.2, 0) is 4.79 Å². The van der Waals surface area contributed by atoms with Gasteiger partial charge in [-0.15, -0.1) is 0 Å². The highest BCUT2D eigenvalue weighted by Crippen LogP contribution is 2.37. The molecule has 1 aliphatic rings. The molecule has 0 aromatic heterocycles. The number of hydrogen-bond acceptors (Lipinski definition) is 1. The smallest absolute Gasteiger partial charge is 0.224 e. The standard InChI is InChI=1S/C20H22ClNO/c21-18-10-12-19(13-11-18)22-20(23)14-15-6-8-17(9-7-15)16-4-2-1-3-5-16/h1-5,10-13,15,17H,6-9,14H2,(H,22,23)/t15-,17+. The van der Waals surface area contributed by atoms with E-state index in [9.17, 15) is 4.79 Å². The maximum absolute atomic E-state index is 12.2. The Kier molecular flexibility index (Phi) is 5.35. The first kappa shape index (κ1) is 16.1. The molecule has 2 nitrogen and oxygen atoms in total. The van der Waals surface area contributed by atoms with Crippen LogP contribution in [0.2, 0.25) is 5.02 Å². The highest BCUT2D eigenvalue weighted by Gasteiger charge is 2.23. The number of nitrogens with one attached hydrogen (secondary N) is 1. The van der Waals surface area contributed by atoms with E-state index in [1.54, 1.807) is 12.1 Å². The van der Waals surface area contributed by atoms with Crippen molar-refractivity contribution in [3.8, 4) is 0 Å². The molecule has 0 atom stereocenters. The molecule has 120 valence electrons. The summed E-state index contributed by atoms with van der Waals surface area (Å²) in [5, 5.41) is 3.64. The second kappa shape index (κ2) is 7.65. The van der Waals surface area contributed by atoms with Gasteiger partial charge in [-0.05, 0) is 67.3 Å². The van der Waals surface area contributed by atoms with Gasteiger partial charge in [-0.2, -0.15) is 0 Å². The molecule has 23 heavy (non-hydrogen) atoms. The monoisotopic (exact) mass is 327 g/mol. The van der Waals surface area contributed by atoms with Crippen molar-refractivity contribution in [1.29, 1.82) is 0 Å². The molecule has 1 saturated carbocycles. The molecule has 1 amide bonds. The Morgan fingerprint density at radius 3 is 2.26 bits per heavy atom. The molecule has 1 aliphatic carbocycles. The Morgan fingerprint density at radius 1 is 0.957 bits per heavy atom. The first-order valence-electron chi connectivity index (χ1n) is 8.31. The van der Waals surface area contributed by atoms with Crippen LogP contribution in [0.5, 0.6) is 0 Å². The molecule has 0 unspecified atom stereocenters. The fraction of sp³-hybridized carbons (Fsp3) is 0.350. The minimum atomic E-state index is 0.107. The van der Waals surface area contributed by atoms with Gasteiger partial charge in [0.1, 0.15) is 0 Å². The first-order chi connectivity index (χ1) is 11.2. The van der Waals surface area contributed by atoms with E-state index < -0.39 is 0 Å². The Balaban J connectivity index is 1.47. The third-order valence-electron chi connectivity index (χ3n) is 4.72. The highest BCUT2D eigenvalue weighted by molar-refractivity contribution is 6.30. The topological polar surface area (TPSA) is 29.1 Å². The molecular formula is C20H22ClNO. The molecule has 0 saturated heterocycles. The number of hydrogen-bond donors (Lipinski definition) is 1. The van der Waals surface area contributed by atoms with Crippen molar-refractivity contribution < 1.29 is 4.79 Å². The van der Waals surface area contributed by atoms with Gasteiger partial charge in [0.15, 0.2) is 0 Å². The van der Waals surface area contributed by atoms with Crippen molar-refractivity contribution in [3.63, 3.8) is 0 Å². The van der Waals surface area contributed by atoms with Crippen LogP contribution in [0.4, 0.5) is 5.69 Å². The zero-order valence-electron chi connectivity index (χ0n) is 13.2. The molecule has 0 spiro atoms. The summed E-state index contributed by atoms with van der Waals surface area (Å²) >= 11 is 5.86. The van der Waals surface area contributed by atoms with Gasteiger partial charge in [-0.25, -0.2) is 0 Å². The second-order valence-electron chi connectivity index (χ2n) is 6.39. The van der Waals surface area contributed by atoms with Crippen molar-refractivity contribution in [3.05, 3.63) is 65.2 Å². The van der Waals surface area contributed by atoms with Gasteiger partial charge in [0, 0.05) is 17.1 Å². The Labute approximate surface area is 142 Å². The lowest BCUT2D eigenvalue weighted by atomic mass is 9.77. The maximum Gasteiger partial charge on any atom is 0.224 e. The highest BCUT2D eigenvalue weighted by atomic mass is 35.5. The van der Waals surface area contributed by atoms with Crippen LogP contribution in [0.1, 0.15) is 43.6 Å². The van der Waals surface area contributed by atoms with Gasteiger partial charge < -0.3 is 5.32 Å². The van der Waals surface area contributed by atoms with Crippen molar-refractivity contribution in [2.24, 2.45) is 5.92 Å². The maximum atomic E-state index is 12.2. The van der Waals surface area contributed by atoms with Gasteiger partial charge in [0.25, 0.3) is 0 Å². The van der Waals surface area contributed by atoms with E-state index in [1.807, 2.05) is 12.1 Å². The van der Waals surface area contributed by atoms with Crippen molar-refractivity contribution in [2.45, 2.75) is 38.0 Å². The number of rotatable bonds is 4. The largest absolute Gasteiger partial charge is 0.326 e. The molecule has 1 N–H and O–H groups in total. The molecule has 0 heterocycles. The first-order valence-corrected chi connectivity index (χ1v) is 8.69. The van der Waals surface area contributed by atoms with E-state index in [0.717, 1.165) is 18.5 Å². The lowest BCUT2D eigenvalue weighted by Gasteiger charge is -2.28. The summed E-state index contributed by atoms with van der Waals surface area (Å²) in [6.45, 7) is 0. The van der Waals surface area contributed by atoms with E-state index in [2.05, 4.69) is 35.6 Å². The summed E-state index contributed by atoms with van der Waals surface area (Å²) in [5.74, 6) is 1.27. The normalized spacial score (nSPS) is 20.9. The summed E-state index contributed by atoms with van der Waals surface area (Å²) in [4.78, 5) is 12.2. The van der Waals surface area contributed by atoms with Crippen molar-refractivity contribution >= 4 is 23.2 Å². The number of anilines is 1. The number of carbonyl (C=O) groups excluding carboxylic acids is 1. The summed E-state index contributed by atoms with van der Waals surface area (Å²) < 4.78 is 0. The van der Waals surface area contributed by atoms with Gasteiger partial charge in [-0.1, -0.05) is 41.9 Å². The molecule has 0 aliphatic heterocycles. The molecule has 1 fully saturated rings. The predicted molar refractivity (Wildman–Crippen MR) is 95.8 cm³/mol. The average Bonchev–Trinajstić information content (AvgIpc) is 2.58. The Morgan fingerprint density at radius 2 is 1.61 bits per heavy atom. The fourth-order valence-electron chi connectivity index (χ4n) is 3.43. The van der Waals surface area contributed by atoms with E-state index in [-0.39, 0.29) is 5.91 Å². The molecule has 3 heteroatoms. The second-order valence-corrected chi connectivity index (χ2v) is 6.82. The molecule has 3 rings (SSSR count). The third kappa shape index (κ3) is 4.59. The van der Waals surface area contributed by atoms with Crippen LogP contribution in [0.3, 0.4) is 0 Å². The third-order valence-corrected chi connectivity index (χ3v) is 4.97. The quantitative estimate of drug-likeness (QED) is 0.773. The summed E-state index contributed by atoms with van der Waals surface area (Å²) in [5.41, 5.74) is 2.26. The predicted octanol–water partition coefficient (Wildman–Crippen LogP) is 5.64. The summed E-state index contributed by atoms with van der Waals surface area (Å²) in [6.07, 6.45) is 5.25. The summed E-state index contributed by atoms with van der Waals surface area (Å²) in [6, 6.07) is 18.0. The Bertz CT molecular complexity index is 630. The van der Waals surface area contributed by atoms with Gasteiger partial charge >= 0.3 is 0 Å². The van der Waals surface area contributed by atoms with Gasteiger partial charge in [0.05, 0.1) is 0 Å². The molecular weight excluding hydrogens is 306 g/mol. The van der Waals surface area contributed by atoms with Crippen molar-refractivity contribution in [1.82, 2.24) is 0 Å². The van der Waals surface area contributed by atoms with Crippen LogP contribution >= 0.6 is 11.6 Å². The number of carbonyl (C=O) groups is 1. The minimum Gasteiger partial charge on any atom is -0.326 e. The van der Waals surface area contributed by atoms with Crippen LogP contribution in [0.25, 0.3) is 0 Å². The Hall–Kier alpha value is -1.80. The average molecular weight is 328 g/mol. The number of halogens is 1. The lowest BCUT2D eigenvalue weighted by molar-refractivity contribution is -0.117. The van der Waals surface area contributed by atoms with Crippen LogP contribution in [-0.4, -0.2) is 5.91 Å². The van der Waals surface area contributed by atoms with Crippen LogP contribution < -0.4 is 5.32 Å². The minimum absolute atomic E-state index is 0.107. The van der Waals surface area contributed by atoms with E-state index >= 15 is 0 Å². The zero-order chi connectivity index (χ0) is 16.1. The van der Waals surface area contributed by atoms with Crippen LogP contribution in [0.15, 0.2) is 54.6 Å². The van der Waals surface area contributed by atoms with Crippen molar-refractivity contribution in [2.75, 3.05) is 5.32 Å².